The smallest absolute Gasteiger partial charge is 0.253 e. The molecule has 1 atom stereocenters. The van der Waals surface area contributed by atoms with Crippen LogP contribution in [0.25, 0.3) is 0 Å². The van der Waals surface area contributed by atoms with Crippen molar-refractivity contribution >= 4 is 23.4 Å². The number of carbonyl (C=O) groups excluding carboxylic acids is 2. The van der Waals surface area contributed by atoms with Crippen molar-refractivity contribution in [2.75, 3.05) is 0 Å². The second-order valence-electron chi connectivity index (χ2n) is 5.93. The third-order valence-corrected chi connectivity index (χ3v) is 3.79. The summed E-state index contributed by atoms with van der Waals surface area (Å²) in [6, 6.07) is 9.65. The molecule has 1 aromatic carbocycles. The van der Waals surface area contributed by atoms with Crippen molar-refractivity contribution < 1.29 is 14.0 Å². The standard InChI is InChI=1S/C18H21ClN2O3/c1-12(2)10-16(18(23)20-11-13-6-5-9-24-13)21-17(22)14-7-3-4-8-15(14)19/h3-9,12,16H,10-11H2,1-2H3,(H,20,23)(H,21,22)/t16-/m0/s1. The summed E-state index contributed by atoms with van der Waals surface area (Å²) >= 11 is 6.04. The predicted molar refractivity (Wildman–Crippen MR) is 92.7 cm³/mol. The molecule has 0 fully saturated rings. The van der Waals surface area contributed by atoms with Crippen LogP contribution in [-0.2, 0) is 11.3 Å². The summed E-state index contributed by atoms with van der Waals surface area (Å²) in [6.45, 7) is 4.27. The molecule has 2 amide bonds. The molecule has 0 unspecified atom stereocenters. The summed E-state index contributed by atoms with van der Waals surface area (Å²) in [4.78, 5) is 24.8. The summed E-state index contributed by atoms with van der Waals surface area (Å²) in [6.07, 6.45) is 2.08. The van der Waals surface area contributed by atoms with E-state index in [2.05, 4.69) is 10.6 Å². The fourth-order valence-corrected chi connectivity index (χ4v) is 2.52. The molecule has 128 valence electrons. The average molecular weight is 349 g/mol. The van der Waals surface area contributed by atoms with Crippen LogP contribution in [0.15, 0.2) is 47.1 Å². The van der Waals surface area contributed by atoms with Crippen LogP contribution >= 0.6 is 11.6 Å². The van der Waals surface area contributed by atoms with Crippen molar-refractivity contribution in [3.05, 3.63) is 59.0 Å². The number of hydrogen-bond donors (Lipinski definition) is 2. The van der Waals surface area contributed by atoms with Gasteiger partial charge >= 0.3 is 0 Å². The highest BCUT2D eigenvalue weighted by Gasteiger charge is 2.23. The quantitative estimate of drug-likeness (QED) is 0.805. The Kier molecular flexibility index (Phi) is 6.44. The van der Waals surface area contributed by atoms with Crippen LogP contribution in [0.5, 0.6) is 0 Å². The van der Waals surface area contributed by atoms with E-state index in [1.54, 1.807) is 42.7 Å². The lowest BCUT2D eigenvalue weighted by Gasteiger charge is -2.20. The van der Waals surface area contributed by atoms with E-state index >= 15 is 0 Å². The van der Waals surface area contributed by atoms with Crippen LogP contribution < -0.4 is 10.6 Å². The van der Waals surface area contributed by atoms with Gasteiger partial charge in [-0.25, -0.2) is 0 Å². The number of rotatable bonds is 7. The number of halogens is 1. The summed E-state index contributed by atoms with van der Waals surface area (Å²) in [5, 5.41) is 5.91. The average Bonchev–Trinajstić information content (AvgIpc) is 3.05. The lowest BCUT2D eigenvalue weighted by molar-refractivity contribution is -0.123. The van der Waals surface area contributed by atoms with Crippen LogP contribution in [0.3, 0.4) is 0 Å². The Morgan fingerprint density at radius 2 is 1.92 bits per heavy atom. The summed E-state index contributed by atoms with van der Waals surface area (Å²) in [7, 11) is 0. The minimum Gasteiger partial charge on any atom is -0.467 e. The van der Waals surface area contributed by atoms with Crippen LogP contribution in [0, 0.1) is 5.92 Å². The fraction of sp³-hybridized carbons (Fsp3) is 0.333. The van der Waals surface area contributed by atoms with Gasteiger partial charge in [-0.3, -0.25) is 9.59 Å². The van der Waals surface area contributed by atoms with Crippen LogP contribution in [0.2, 0.25) is 5.02 Å². The van der Waals surface area contributed by atoms with Crippen molar-refractivity contribution in [1.82, 2.24) is 10.6 Å². The molecule has 6 heteroatoms. The molecule has 0 saturated carbocycles. The molecular formula is C18H21ClN2O3. The van der Waals surface area contributed by atoms with E-state index in [0.717, 1.165) is 0 Å². The first kappa shape index (κ1) is 18.1. The number of nitrogens with one attached hydrogen (secondary N) is 2. The van der Waals surface area contributed by atoms with Gasteiger partial charge in [0, 0.05) is 0 Å². The van der Waals surface area contributed by atoms with Gasteiger partial charge in [-0.05, 0) is 36.6 Å². The first-order valence-electron chi connectivity index (χ1n) is 7.83. The molecule has 2 aromatic rings. The van der Waals surface area contributed by atoms with Gasteiger partial charge < -0.3 is 15.1 Å². The first-order valence-corrected chi connectivity index (χ1v) is 8.20. The number of furan rings is 1. The Morgan fingerprint density at radius 1 is 1.17 bits per heavy atom. The molecule has 2 rings (SSSR count). The molecular weight excluding hydrogens is 328 g/mol. The van der Waals surface area contributed by atoms with Crippen LogP contribution in [0.4, 0.5) is 0 Å². The van der Waals surface area contributed by atoms with Gasteiger partial charge in [-0.2, -0.15) is 0 Å². The van der Waals surface area contributed by atoms with E-state index in [1.165, 1.54) is 0 Å². The highest BCUT2D eigenvalue weighted by atomic mass is 35.5. The second kappa shape index (κ2) is 8.55. The van der Waals surface area contributed by atoms with E-state index in [0.29, 0.717) is 22.8 Å². The number of benzene rings is 1. The van der Waals surface area contributed by atoms with Crippen molar-refractivity contribution in [1.29, 1.82) is 0 Å². The number of carbonyl (C=O) groups is 2. The summed E-state index contributed by atoms with van der Waals surface area (Å²) < 4.78 is 5.19. The normalized spacial score (nSPS) is 12.0. The third kappa shape index (κ3) is 5.13. The molecule has 0 aliphatic rings. The molecule has 1 aromatic heterocycles. The van der Waals surface area contributed by atoms with Crippen molar-refractivity contribution in [3.8, 4) is 0 Å². The van der Waals surface area contributed by atoms with Gasteiger partial charge in [-0.15, -0.1) is 0 Å². The topological polar surface area (TPSA) is 71.3 Å². The van der Waals surface area contributed by atoms with Gasteiger partial charge in [0.2, 0.25) is 5.91 Å². The third-order valence-electron chi connectivity index (χ3n) is 3.46. The van der Waals surface area contributed by atoms with E-state index in [-0.39, 0.29) is 24.3 Å². The monoisotopic (exact) mass is 348 g/mol. The Labute approximate surface area is 146 Å². The molecule has 0 bridgehead atoms. The summed E-state index contributed by atoms with van der Waals surface area (Å²) in [5.74, 6) is 0.292. The SMILES string of the molecule is CC(C)C[C@H](NC(=O)c1ccccc1Cl)C(=O)NCc1ccco1. The van der Waals surface area contributed by atoms with Gasteiger partial charge in [0.15, 0.2) is 0 Å². The van der Waals surface area contributed by atoms with Crippen molar-refractivity contribution in [3.63, 3.8) is 0 Å². The number of hydrogen-bond acceptors (Lipinski definition) is 3. The van der Waals surface area contributed by atoms with Gasteiger partial charge in [0.1, 0.15) is 11.8 Å². The van der Waals surface area contributed by atoms with Gasteiger partial charge in [0.05, 0.1) is 23.4 Å². The minimum absolute atomic E-state index is 0.246. The zero-order valence-corrected chi connectivity index (χ0v) is 14.5. The van der Waals surface area contributed by atoms with E-state index in [1.807, 2.05) is 13.8 Å². The lowest BCUT2D eigenvalue weighted by atomic mass is 10.0. The highest BCUT2D eigenvalue weighted by Crippen LogP contribution is 2.15. The Balaban J connectivity index is 2.03. The maximum Gasteiger partial charge on any atom is 0.253 e. The van der Waals surface area contributed by atoms with Gasteiger partial charge in [-0.1, -0.05) is 37.6 Å². The predicted octanol–water partition coefficient (Wildman–Crippen LogP) is 3.39. The summed E-state index contributed by atoms with van der Waals surface area (Å²) in [5.41, 5.74) is 0.353. The first-order chi connectivity index (χ1) is 11.5. The maximum absolute atomic E-state index is 12.4. The number of amides is 2. The molecule has 0 aliphatic heterocycles. The Morgan fingerprint density at radius 3 is 2.54 bits per heavy atom. The van der Waals surface area contributed by atoms with Crippen LogP contribution in [-0.4, -0.2) is 17.9 Å². The van der Waals surface area contributed by atoms with Crippen molar-refractivity contribution in [2.45, 2.75) is 32.9 Å². The largest absolute Gasteiger partial charge is 0.467 e. The molecule has 5 nitrogen and oxygen atoms in total. The highest BCUT2D eigenvalue weighted by molar-refractivity contribution is 6.33. The van der Waals surface area contributed by atoms with Gasteiger partial charge in [0.25, 0.3) is 5.91 Å². The maximum atomic E-state index is 12.4. The fourth-order valence-electron chi connectivity index (χ4n) is 2.29. The van der Waals surface area contributed by atoms with Crippen LogP contribution in [0.1, 0.15) is 36.4 Å². The molecule has 0 saturated heterocycles. The zero-order chi connectivity index (χ0) is 17.5. The Hall–Kier alpha value is -2.27. The lowest BCUT2D eigenvalue weighted by Crippen LogP contribution is -2.47. The molecule has 0 aliphatic carbocycles. The minimum atomic E-state index is -0.635. The molecule has 0 radical (unpaired) electrons. The molecule has 2 N–H and O–H groups in total. The molecule has 0 spiro atoms. The van der Waals surface area contributed by atoms with E-state index in [4.69, 9.17) is 16.0 Å². The Bertz CT molecular complexity index is 683. The van der Waals surface area contributed by atoms with E-state index in [9.17, 15) is 9.59 Å². The second-order valence-corrected chi connectivity index (χ2v) is 6.34. The molecule has 24 heavy (non-hydrogen) atoms. The molecule has 1 heterocycles. The van der Waals surface area contributed by atoms with Crippen molar-refractivity contribution in [2.24, 2.45) is 5.92 Å². The van der Waals surface area contributed by atoms with E-state index < -0.39 is 6.04 Å². The zero-order valence-electron chi connectivity index (χ0n) is 13.7.